The molecule has 4 rings (SSSR count). The number of hydrogen-bond acceptors (Lipinski definition) is 6. The minimum Gasteiger partial charge on any atom is -0.361 e. The Morgan fingerprint density at radius 3 is 2.81 bits per heavy atom. The Morgan fingerprint density at radius 2 is 2.11 bits per heavy atom. The fraction of sp³-hybridized carbons (Fsp3) is 0.150. The number of fused-ring (bicyclic) bond motifs is 1. The smallest absolute Gasteiger partial charge is 0.272 e. The van der Waals surface area contributed by atoms with Crippen LogP contribution in [0.1, 0.15) is 11.5 Å². The molecule has 27 heavy (non-hydrogen) atoms. The molecule has 0 aliphatic carbocycles. The molecule has 0 N–H and O–H groups in total. The highest BCUT2D eigenvalue weighted by Crippen LogP contribution is 2.32. The lowest BCUT2D eigenvalue weighted by Crippen LogP contribution is -2.21. The number of thiophene rings is 1. The molecule has 0 atom stereocenters. The first kappa shape index (κ1) is 17.8. The summed E-state index contributed by atoms with van der Waals surface area (Å²) in [5, 5.41) is 4.66. The monoisotopic (exact) mass is 395 g/mol. The van der Waals surface area contributed by atoms with Gasteiger partial charge in [-0.05, 0) is 18.6 Å². The maximum absolute atomic E-state index is 13.0. The molecule has 3 heterocycles. The molecule has 0 bridgehead atoms. The molecule has 0 unspecified atom stereocenters. The van der Waals surface area contributed by atoms with E-state index in [0.29, 0.717) is 22.2 Å². The lowest BCUT2D eigenvalue weighted by molar-refractivity contribution is 0.393. The highest BCUT2D eigenvalue weighted by atomic mass is 32.2. The highest BCUT2D eigenvalue weighted by molar-refractivity contribution is 7.98. The summed E-state index contributed by atoms with van der Waals surface area (Å²) in [5.41, 5.74) is 2.60. The van der Waals surface area contributed by atoms with Gasteiger partial charge in [0.15, 0.2) is 5.16 Å². The Bertz CT molecular complexity index is 1160. The van der Waals surface area contributed by atoms with Gasteiger partial charge in [0.25, 0.3) is 5.56 Å². The summed E-state index contributed by atoms with van der Waals surface area (Å²) in [5.74, 6) is 1.35. The van der Waals surface area contributed by atoms with Crippen LogP contribution in [-0.2, 0) is 12.3 Å². The lowest BCUT2D eigenvalue weighted by Gasteiger charge is -2.08. The van der Waals surface area contributed by atoms with Gasteiger partial charge in [-0.15, -0.1) is 17.9 Å². The second-order valence-corrected chi connectivity index (χ2v) is 8.00. The summed E-state index contributed by atoms with van der Waals surface area (Å²) >= 11 is 2.95. The Balaban J connectivity index is 1.76. The van der Waals surface area contributed by atoms with Gasteiger partial charge in [-0.1, -0.05) is 53.3 Å². The molecule has 0 saturated carbocycles. The largest absolute Gasteiger partial charge is 0.361 e. The van der Waals surface area contributed by atoms with Crippen LogP contribution in [0.2, 0.25) is 0 Å². The third kappa shape index (κ3) is 3.61. The molecular formula is C20H17N3O2S2. The minimum absolute atomic E-state index is 0.0362. The first-order chi connectivity index (χ1) is 13.2. The van der Waals surface area contributed by atoms with Gasteiger partial charge in [0.2, 0.25) is 0 Å². The molecule has 0 saturated heterocycles. The van der Waals surface area contributed by atoms with Crippen molar-refractivity contribution in [2.24, 2.45) is 0 Å². The van der Waals surface area contributed by atoms with Gasteiger partial charge >= 0.3 is 0 Å². The standard InChI is InChI=1S/C20H17N3O2S2/c1-3-9-23-19(24)18-16(11-17(27-18)14-7-5-4-6-8-14)21-20(23)26-12-15-10-13(2)25-22-15/h3-8,10-11H,1,9,12H2,2H3. The van der Waals surface area contributed by atoms with Gasteiger partial charge in [0, 0.05) is 23.2 Å². The van der Waals surface area contributed by atoms with Crippen molar-refractivity contribution < 1.29 is 4.52 Å². The summed E-state index contributed by atoms with van der Waals surface area (Å²) in [4.78, 5) is 18.8. The first-order valence-electron chi connectivity index (χ1n) is 8.41. The van der Waals surface area contributed by atoms with E-state index in [-0.39, 0.29) is 5.56 Å². The van der Waals surface area contributed by atoms with E-state index in [4.69, 9.17) is 9.51 Å². The van der Waals surface area contributed by atoms with Crippen molar-refractivity contribution in [1.82, 2.24) is 14.7 Å². The van der Waals surface area contributed by atoms with E-state index in [0.717, 1.165) is 27.4 Å². The van der Waals surface area contributed by atoms with E-state index in [1.165, 1.54) is 23.1 Å². The summed E-state index contributed by atoms with van der Waals surface area (Å²) in [6.07, 6.45) is 1.71. The maximum Gasteiger partial charge on any atom is 0.272 e. The summed E-state index contributed by atoms with van der Waals surface area (Å²) in [6, 6.07) is 13.9. The molecule has 0 fully saturated rings. The molecular weight excluding hydrogens is 378 g/mol. The molecule has 4 aromatic rings. The average molecular weight is 396 g/mol. The van der Waals surface area contributed by atoms with Crippen molar-refractivity contribution in [3.05, 3.63) is 76.9 Å². The van der Waals surface area contributed by atoms with Crippen LogP contribution in [0, 0.1) is 6.92 Å². The van der Waals surface area contributed by atoms with E-state index in [9.17, 15) is 4.79 Å². The molecule has 0 aliphatic rings. The van der Waals surface area contributed by atoms with E-state index >= 15 is 0 Å². The van der Waals surface area contributed by atoms with E-state index < -0.39 is 0 Å². The number of allylic oxidation sites excluding steroid dienone is 1. The zero-order chi connectivity index (χ0) is 18.8. The zero-order valence-electron chi connectivity index (χ0n) is 14.7. The quantitative estimate of drug-likeness (QED) is 0.264. The Hall–Kier alpha value is -2.64. The topological polar surface area (TPSA) is 60.9 Å². The second kappa shape index (κ2) is 7.54. The van der Waals surface area contributed by atoms with Crippen LogP contribution >= 0.6 is 23.1 Å². The Labute approximate surface area is 164 Å². The molecule has 5 nitrogen and oxygen atoms in total. The van der Waals surface area contributed by atoms with Crippen molar-refractivity contribution >= 4 is 33.3 Å². The van der Waals surface area contributed by atoms with Crippen molar-refractivity contribution in [3.8, 4) is 10.4 Å². The van der Waals surface area contributed by atoms with Crippen LogP contribution < -0.4 is 5.56 Å². The third-order valence-corrected chi connectivity index (χ3v) is 6.17. The van der Waals surface area contributed by atoms with Gasteiger partial charge in [-0.25, -0.2) is 4.98 Å². The normalized spacial score (nSPS) is 11.1. The molecule has 0 aliphatic heterocycles. The van der Waals surface area contributed by atoms with Crippen LogP contribution in [0.3, 0.4) is 0 Å². The van der Waals surface area contributed by atoms with E-state index in [1.54, 1.807) is 10.6 Å². The van der Waals surface area contributed by atoms with E-state index in [2.05, 4.69) is 11.7 Å². The predicted molar refractivity (Wildman–Crippen MR) is 110 cm³/mol. The SMILES string of the molecule is C=CCn1c(SCc2cc(C)on2)nc2cc(-c3ccccc3)sc2c1=O. The molecule has 0 amide bonds. The molecule has 7 heteroatoms. The van der Waals surface area contributed by atoms with Crippen LogP contribution in [0.4, 0.5) is 0 Å². The van der Waals surface area contributed by atoms with E-state index in [1.807, 2.05) is 49.4 Å². The summed E-state index contributed by atoms with van der Waals surface area (Å²) < 4.78 is 7.44. The Morgan fingerprint density at radius 1 is 1.30 bits per heavy atom. The van der Waals surface area contributed by atoms with Crippen molar-refractivity contribution in [2.45, 2.75) is 24.4 Å². The number of aromatic nitrogens is 3. The predicted octanol–water partition coefficient (Wildman–Crippen LogP) is 4.90. The molecule has 136 valence electrons. The van der Waals surface area contributed by atoms with Gasteiger partial charge in [0.1, 0.15) is 10.5 Å². The molecule has 0 radical (unpaired) electrons. The fourth-order valence-electron chi connectivity index (χ4n) is 2.76. The van der Waals surface area contributed by atoms with Crippen molar-refractivity contribution in [3.63, 3.8) is 0 Å². The minimum atomic E-state index is -0.0362. The number of hydrogen-bond donors (Lipinski definition) is 0. The average Bonchev–Trinajstić information content (AvgIpc) is 3.30. The zero-order valence-corrected chi connectivity index (χ0v) is 16.3. The number of benzene rings is 1. The summed E-state index contributed by atoms with van der Waals surface area (Å²) in [7, 11) is 0. The highest BCUT2D eigenvalue weighted by Gasteiger charge is 2.15. The summed E-state index contributed by atoms with van der Waals surface area (Å²) in [6.45, 7) is 6.05. The van der Waals surface area contributed by atoms with Crippen LogP contribution in [0.5, 0.6) is 0 Å². The number of thioether (sulfide) groups is 1. The van der Waals surface area contributed by atoms with Gasteiger partial charge in [0.05, 0.1) is 11.2 Å². The van der Waals surface area contributed by atoms with Gasteiger partial charge in [-0.2, -0.15) is 0 Å². The van der Waals surface area contributed by atoms with Gasteiger partial charge in [-0.3, -0.25) is 9.36 Å². The number of rotatable bonds is 6. The van der Waals surface area contributed by atoms with Crippen LogP contribution in [-0.4, -0.2) is 14.7 Å². The Kier molecular flexibility index (Phi) is 4.96. The second-order valence-electron chi connectivity index (χ2n) is 6.01. The molecule has 1 aromatic carbocycles. The third-order valence-electron chi connectivity index (χ3n) is 3.99. The number of nitrogens with zero attached hydrogens (tertiary/aromatic N) is 3. The van der Waals surface area contributed by atoms with Crippen LogP contribution in [0.25, 0.3) is 20.7 Å². The fourth-order valence-corrected chi connectivity index (χ4v) is 4.70. The first-order valence-corrected chi connectivity index (χ1v) is 10.2. The lowest BCUT2D eigenvalue weighted by atomic mass is 10.2. The van der Waals surface area contributed by atoms with Crippen LogP contribution in [0.15, 0.2) is 69.6 Å². The maximum atomic E-state index is 13.0. The van der Waals surface area contributed by atoms with Gasteiger partial charge < -0.3 is 4.52 Å². The molecule has 3 aromatic heterocycles. The molecule has 0 spiro atoms. The van der Waals surface area contributed by atoms with Crippen molar-refractivity contribution in [1.29, 1.82) is 0 Å². The number of aryl methyl sites for hydroxylation is 1. The van der Waals surface area contributed by atoms with Crippen molar-refractivity contribution in [2.75, 3.05) is 0 Å².